The second kappa shape index (κ2) is 6.02. The lowest BCUT2D eigenvalue weighted by molar-refractivity contribution is -0.134. The quantitative estimate of drug-likeness (QED) is 0.813. The minimum absolute atomic E-state index is 0.223. The average molecular weight is 316 g/mol. The summed E-state index contributed by atoms with van der Waals surface area (Å²) in [5, 5.41) is 5.51. The van der Waals surface area contributed by atoms with Gasteiger partial charge in [0.1, 0.15) is 15.9 Å². The van der Waals surface area contributed by atoms with Crippen molar-refractivity contribution < 1.29 is 14.4 Å². The van der Waals surface area contributed by atoms with Crippen molar-refractivity contribution >= 4 is 29.1 Å². The number of nitrogens with one attached hydrogen (secondary N) is 2. The molecule has 0 aliphatic carbocycles. The maximum atomic E-state index is 12.2. The fourth-order valence-corrected chi connectivity index (χ4v) is 2.87. The number of aromatic nitrogens is 2. The van der Waals surface area contributed by atoms with Crippen LogP contribution in [0, 0.1) is 0 Å². The molecule has 22 heavy (non-hydrogen) atoms. The van der Waals surface area contributed by atoms with Crippen LogP contribution in [0.3, 0.4) is 0 Å². The third-order valence-electron chi connectivity index (χ3n) is 3.18. The Balaban J connectivity index is 1.70. The van der Waals surface area contributed by atoms with Crippen LogP contribution < -0.4 is 10.6 Å². The maximum absolute atomic E-state index is 12.2. The van der Waals surface area contributed by atoms with Gasteiger partial charge in [-0.1, -0.05) is 0 Å². The Labute approximate surface area is 129 Å². The molecule has 1 aliphatic rings. The Bertz CT molecular complexity index is 729. The van der Waals surface area contributed by atoms with Gasteiger partial charge < -0.3 is 5.32 Å². The Morgan fingerprint density at radius 1 is 1.36 bits per heavy atom. The van der Waals surface area contributed by atoms with E-state index in [9.17, 15) is 14.4 Å². The lowest BCUT2D eigenvalue weighted by atomic mass is 10.1. The first-order valence-electron chi connectivity index (χ1n) is 6.64. The molecule has 0 bridgehead atoms. The van der Waals surface area contributed by atoms with Crippen LogP contribution in [-0.2, 0) is 9.59 Å². The van der Waals surface area contributed by atoms with E-state index in [0.29, 0.717) is 16.3 Å². The van der Waals surface area contributed by atoms with Crippen molar-refractivity contribution in [3.05, 3.63) is 35.6 Å². The summed E-state index contributed by atoms with van der Waals surface area (Å²) < 4.78 is 0. The van der Waals surface area contributed by atoms with Crippen LogP contribution in [-0.4, -0.2) is 33.7 Å². The molecule has 3 amide bonds. The van der Waals surface area contributed by atoms with E-state index in [0.717, 1.165) is 5.56 Å². The summed E-state index contributed by atoms with van der Waals surface area (Å²) in [7, 11) is 0. The maximum Gasteiger partial charge on any atom is 0.263 e. The topological polar surface area (TPSA) is 101 Å². The Morgan fingerprint density at radius 3 is 2.95 bits per heavy atom. The smallest absolute Gasteiger partial charge is 0.263 e. The third-order valence-corrected chi connectivity index (χ3v) is 4.23. The van der Waals surface area contributed by atoms with Crippen LogP contribution >= 0.6 is 11.3 Å². The first-order valence-corrected chi connectivity index (χ1v) is 7.46. The van der Waals surface area contributed by atoms with Gasteiger partial charge in [0.2, 0.25) is 11.8 Å². The number of hydrogen-bond acceptors (Lipinski definition) is 6. The van der Waals surface area contributed by atoms with Gasteiger partial charge in [-0.2, -0.15) is 0 Å². The molecule has 3 heterocycles. The Kier molecular flexibility index (Phi) is 3.92. The molecule has 3 rings (SSSR count). The number of pyridine rings is 1. The van der Waals surface area contributed by atoms with Gasteiger partial charge in [-0.25, -0.2) is 4.98 Å². The summed E-state index contributed by atoms with van der Waals surface area (Å²) in [4.78, 5) is 43.5. The first-order chi connectivity index (χ1) is 10.6. The van der Waals surface area contributed by atoms with Crippen LogP contribution in [0.15, 0.2) is 30.7 Å². The molecule has 8 heteroatoms. The predicted molar refractivity (Wildman–Crippen MR) is 79.0 cm³/mol. The Hall–Kier alpha value is -2.61. The average Bonchev–Trinajstić information content (AvgIpc) is 3.01. The van der Waals surface area contributed by atoms with Crippen LogP contribution in [0.5, 0.6) is 0 Å². The zero-order valence-corrected chi connectivity index (χ0v) is 12.2. The molecule has 0 aromatic carbocycles. The van der Waals surface area contributed by atoms with Crippen LogP contribution in [0.2, 0.25) is 0 Å². The van der Waals surface area contributed by atoms with Gasteiger partial charge in [0.15, 0.2) is 0 Å². The molecule has 0 radical (unpaired) electrons. The number of piperidine rings is 1. The molecule has 0 saturated carbocycles. The molecule has 1 saturated heterocycles. The monoisotopic (exact) mass is 316 g/mol. The molecule has 1 atom stereocenters. The molecule has 2 N–H and O–H groups in total. The van der Waals surface area contributed by atoms with Gasteiger partial charge in [-0.05, 0) is 18.6 Å². The largest absolute Gasteiger partial charge is 0.339 e. The van der Waals surface area contributed by atoms with E-state index in [4.69, 9.17) is 0 Å². The van der Waals surface area contributed by atoms with E-state index in [1.165, 1.54) is 17.5 Å². The molecule has 2 aromatic heterocycles. The second-order valence-electron chi connectivity index (χ2n) is 4.75. The van der Waals surface area contributed by atoms with E-state index in [2.05, 4.69) is 20.6 Å². The van der Waals surface area contributed by atoms with Crippen molar-refractivity contribution in [3.63, 3.8) is 0 Å². The second-order valence-corrected chi connectivity index (χ2v) is 5.78. The SMILES string of the molecule is O=C1CCC(NC(=O)c2cnc(-c3cccnc3)s2)C(=O)N1. The lowest BCUT2D eigenvalue weighted by Gasteiger charge is -2.21. The zero-order chi connectivity index (χ0) is 15.5. The number of hydrogen-bond donors (Lipinski definition) is 2. The highest BCUT2D eigenvalue weighted by Crippen LogP contribution is 2.24. The molecule has 1 fully saturated rings. The van der Waals surface area contributed by atoms with Crippen molar-refractivity contribution in [3.8, 4) is 10.6 Å². The number of carbonyl (C=O) groups excluding carboxylic acids is 3. The highest BCUT2D eigenvalue weighted by Gasteiger charge is 2.28. The molecular formula is C14H12N4O3S. The molecule has 1 aliphatic heterocycles. The number of imide groups is 1. The van der Waals surface area contributed by atoms with Gasteiger partial charge in [0.05, 0.1) is 6.20 Å². The van der Waals surface area contributed by atoms with Crippen molar-refractivity contribution in [2.24, 2.45) is 0 Å². The van der Waals surface area contributed by atoms with Crippen molar-refractivity contribution in [1.29, 1.82) is 0 Å². The molecule has 0 spiro atoms. The molecule has 112 valence electrons. The lowest BCUT2D eigenvalue weighted by Crippen LogP contribution is -2.52. The van der Waals surface area contributed by atoms with Gasteiger partial charge in [0.25, 0.3) is 5.91 Å². The van der Waals surface area contributed by atoms with E-state index in [-0.39, 0.29) is 18.2 Å². The van der Waals surface area contributed by atoms with Gasteiger partial charge >= 0.3 is 0 Å². The first kappa shape index (κ1) is 14.3. The van der Waals surface area contributed by atoms with Gasteiger partial charge in [-0.15, -0.1) is 11.3 Å². The van der Waals surface area contributed by atoms with Crippen LogP contribution in [0.25, 0.3) is 10.6 Å². The number of thiazole rings is 1. The van der Waals surface area contributed by atoms with Crippen LogP contribution in [0.4, 0.5) is 0 Å². The van der Waals surface area contributed by atoms with E-state index >= 15 is 0 Å². The molecule has 1 unspecified atom stereocenters. The molecule has 2 aromatic rings. The molecular weight excluding hydrogens is 304 g/mol. The fraction of sp³-hybridized carbons (Fsp3) is 0.214. The number of rotatable bonds is 3. The van der Waals surface area contributed by atoms with Crippen molar-refractivity contribution in [1.82, 2.24) is 20.6 Å². The number of carbonyl (C=O) groups is 3. The fourth-order valence-electron chi connectivity index (χ4n) is 2.06. The molecule has 7 nitrogen and oxygen atoms in total. The summed E-state index contributed by atoms with van der Waals surface area (Å²) >= 11 is 1.22. The minimum atomic E-state index is -0.686. The summed E-state index contributed by atoms with van der Waals surface area (Å²) in [6.07, 6.45) is 5.33. The summed E-state index contributed by atoms with van der Waals surface area (Å²) in [5.74, 6) is -1.16. The zero-order valence-electron chi connectivity index (χ0n) is 11.4. The normalized spacial score (nSPS) is 17.9. The van der Waals surface area contributed by atoms with Crippen LogP contribution in [0.1, 0.15) is 22.5 Å². The van der Waals surface area contributed by atoms with E-state index < -0.39 is 11.9 Å². The number of nitrogens with zero attached hydrogens (tertiary/aromatic N) is 2. The third kappa shape index (κ3) is 3.01. The number of amides is 3. The predicted octanol–water partition coefficient (Wildman–Crippen LogP) is 0.740. The Morgan fingerprint density at radius 2 is 2.23 bits per heavy atom. The highest BCUT2D eigenvalue weighted by molar-refractivity contribution is 7.16. The van der Waals surface area contributed by atoms with E-state index in [1.807, 2.05) is 6.07 Å². The summed E-state index contributed by atoms with van der Waals surface area (Å²) in [5.41, 5.74) is 0.826. The standard InChI is InChI=1S/C14H12N4O3S/c19-11-4-3-9(12(20)18-11)17-13(21)10-7-16-14(22-10)8-2-1-5-15-6-8/h1-2,5-7,9H,3-4H2,(H,17,21)(H,18,19,20). The highest BCUT2D eigenvalue weighted by atomic mass is 32.1. The minimum Gasteiger partial charge on any atom is -0.339 e. The van der Waals surface area contributed by atoms with Gasteiger partial charge in [0, 0.05) is 24.4 Å². The van der Waals surface area contributed by atoms with Crippen molar-refractivity contribution in [2.45, 2.75) is 18.9 Å². The van der Waals surface area contributed by atoms with Crippen molar-refractivity contribution in [2.75, 3.05) is 0 Å². The van der Waals surface area contributed by atoms with Gasteiger partial charge in [-0.3, -0.25) is 24.7 Å². The van der Waals surface area contributed by atoms with E-state index in [1.54, 1.807) is 18.5 Å². The summed E-state index contributed by atoms with van der Waals surface area (Å²) in [6, 6.07) is 2.96. The summed E-state index contributed by atoms with van der Waals surface area (Å²) in [6.45, 7) is 0.